The van der Waals surface area contributed by atoms with Crippen LogP contribution in [0.4, 0.5) is 0 Å². The number of hydrogen-bond donors (Lipinski definition) is 8. The molecule has 14 heteroatoms. The Labute approximate surface area is 244 Å². The number of carbonyl (C=O) groups excluding carboxylic acids is 4. The Hall–Kier alpha value is -3.77. The summed E-state index contributed by atoms with van der Waals surface area (Å²) in [5, 5.41) is 19.1. The first-order valence-corrected chi connectivity index (χ1v) is 15.3. The zero-order valence-electron chi connectivity index (χ0n) is 23.7. The van der Waals surface area contributed by atoms with Gasteiger partial charge < -0.3 is 41.9 Å². The predicted octanol–water partition coefficient (Wildman–Crippen LogP) is 0.421. The van der Waals surface area contributed by atoms with Crippen LogP contribution in [0.15, 0.2) is 54.6 Å². The molecule has 0 aromatic heterocycles. The van der Waals surface area contributed by atoms with E-state index in [4.69, 9.17) is 5.73 Å². The summed E-state index contributed by atoms with van der Waals surface area (Å²) >= 11 is 0. The van der Waals surface area contributed by atoms with Crippen molar-refractivity contribution in [1.29, 1.82) is 0 Å². The Morgan fingerprint density at radius 1 is 0.857 bits per heavy atom. The van der Waals surface area contributed by atoms with E-state index >= 15 is 0 Å². The van der Waals surface area contributed by atoms with Gasteiger partial charge in [-0.3, -0.25) is 23.7 Å². The summed E-state index contributed by atoms with van der Waals surface area (Å²) in [4.78, 5) is 70.1. The number of aromatic hydroxyl groups is 1. The molecule has 0 radical (unpaired) electrons. The van der Waals surface area contributed by atoms with E-state index in [-0.39, 0.29) is 25.0 Å². The molecule has 13 nitrogen and oxygen atoms in total. The van der Waals surface area contributed by atoms with Crippen molar-refractivity contribution in [3.63, 3.8) is 0 Å². The number of hydrogen-bond acceptors (Lipinski definition) is 7. The number of benzene rings is 2. The van der Waals surface area contributed by atoms with Gasteiger partial charge in [0.05, 0.1) is 12.6 Å². The van der Waals surface area contributed by atoms with Crippen LogP contribution < -0.4 is 27.0 Å². The Bertz CT molecular complexity index is 1240. The molecule has 0 spiro atoms. The van der Waals surface area contributed by atoms with Crippen molar-refractivity contribution >= 4 is 31.2 Å². The minimum Gasteiger partial charge on any atom is -0.508 e. The molecule has 2 aromatic rings. The molecule has 42 heavy (non-hydrogen) atoms. The molecule has 2 rings (SSSR count). The van der Waals surface area contributed by atoms with Crippen LogP contribution in [0.2, 0.25) is 0 Å². The number of phenols is 1. The van der Waals surface area contributed by atoms with Gasteiger partial charge in [0.1, 0.15) is 23.6 Å². The molecule has 9 N–H and O–H groups in total. The zero-order chi connectivity index (χ0) is 31.3. The number of unbranched alkanes of at least 4 members (excludes halogenated alkanes) is 1. The van der Waals surface area contributed by atoms with E-state index in [1.807, 2.05) is 6.92 Å². The molecule has 4 amide bonds. The second kappa shape index (κ2) is 16.6. The lowest BCUT2D eigenvalue weighted by atomic mass is 10.0. The maximum absolute atomic E-state index is 13.1. The summed E-state index contributed by atoms with van der Waals surface area (Å²) in [7, 11) is -4.65. The molecule has 0 heterocycles. The van der Waals surface area contributed by atoms with E-state index in [1.54, 1.807) is 42.5 Å². The topological polar surface area (TPSA) is 220 Å². The van der Waals surface area contributed by atoms with Crippen LogP contribution >= 0.6 is 7.60 Å². The van der Waals surface area contributed by atoms with Gasteiger partial charge in [-0.15, -0.1) is 0 Å². The summed E-state index contributed by atoms with van der Waals surface area (Å²) in [5.74, 6) is -4.06. The third-order valence-electron chi connectivity index (χ3n) is 6.38. The Morgan fingerprint density at radius 3 is 2.07 bits per heavy atom. The third-order valence-corrected chi connectivity index (χ3v) is 7.58. The van der Waals surface area contributed by atoms with Crippen molar-refractivity contribution in [1.82, 2.24) is 21.3 Å². The number of rotatable bonds is 16. The zero-order valence-corrected chi connectivity index (χ0v) is 24.6. The van der Waals surface area contributed by atoms with Crippen LogP contribution in [-0.2, 0) is 36.6 Å². The molecule has 0 aliphatic carbocycles. The number of phenolic OH excluding ortho intramolecular Hbond substituents is 1. The van der Waals surface area contributed by atoms with Crippen molar-refractivity contribution in [2.45, 2.75) is 69.9 Å². The maximum atomic E-state index is 13.1. The minimum absolute atomic E-state index is 0.0411. The smallest absolute Gasteiger partial charge is 0.347 e. The highest BCUT2D eigenvalue weighted by molar-refractivity contribution is 7.52. The number of carbonyl (C=O) groups is 4. The molecule has 0 saturated heterocycles. The van der Waals surface area contributed by atoms with E-state index in [0.29, 0.717) is 18.4 Å². The minimum atomic E-state index is -4.65. The van der Waals surface area contributed by atoms with Gasteiger partial charge in [-0.05, 0) is 43.0 Å². The molecule has 0 aliphatic rings. The van der Waals surface area contributed by atoms with Crippen LogP contribution in [-0.4, -0.2) is 69.0 Å². The van der Waals surface area contributed by atoms with Gasteiger partial charge in [-0.1, -0.05) is 62.2 Å². The highest BCUT2D eigenvalue weighted by Gasteiger charge is 2.32. The van der Waals surface area contributed by atoms with Crippen molar-refractivity contribution in [3.8, 4) is 5.75 Å². The molecule has 0 aliphatic heterocycles. The van der Waals surface area contributed by atoms with Gasteiger partial charge >= 0.3 is 7.60 Å². The van der Waals surface area contributed by atoms with Gasteiger partial charge in [-0.2, -0.15) is 0 Å². The third kappa shape index (κ3) is 12.0. The quantitative estimate of drug-likeness (QED) is 0.124. The molecular formula is C28H40N5O8P. The fourth-order valence-corrected chi connectivity index (χ4v) is 4.79. The van der Waals surface area contributed by atoms with Gasteiger partial charge in [0.25, 0.3) is 0 Å². The van der Waals surface area contributed by atoms with E-state index < -0.39 is 61.7 Å². The van der Waals surface area contributed by atoms with Crippen LogP contribution in [0.3, 0.4) is 0 Å². The molecular weight excluding hydrogens is 565 g/mol. The summed E-state index contributed by atoms with van der Waals surface area (Å²) in [5.41, 5.74) is 7.35. The Balaban J connectivity index is 1.96. The van der Waals surface area contributed by atoms with Crippen molar-refractivity contribution < 1.29 is 38.6 Å². The Morgan fingerprint density at radius 2 is 1.48 bits per heavy atom. The lowest BCUT2D eigenvalue weighted by molar-refractivity contribution is -0.131. The first kappa shape index (κ1) is 34.4. The molecule has 0 saturated carbocycles. The number of nitrogens with two attached hydrogens (primary N) is 1. The van der Waals surface area contributed by atoms with Crippen molar-refractivity contribution in [2.75, 3.05) is 6.54 Å². The van der Waals surface area contributed by atoms with Crippen molar-refractivity contribution in [2.24, 2.45) is 5.73 Å². The van der Waals surface area contributed by atoms with Gasteiger partial charge in [0.2, 0.25) is 23.6 Å². The largest absolute Gasteiger partial charge is 0.508 e. The lowest BCUT2D eigenvalue weighted by Gasteiger charge is -2.24. The second-order valence-corrected chi connectivity index (χ2v) is 11.8. The average Bonchev–Trinajstić information content (AvgIpc) is 2.94. The highest BCUT2D eigenvalue weighted by Crippen LogP contribution is 2.42. The van der Waals surface area contributed by atoms with E-state index in [0.717, 1.165) is 5.56 Å². The predicted molar refractivity (Wildman–Crippen MR) is 156 cm³/mol. The molecule has 0 fully saturated rings. The lowest BCUT2D eigenvalue weighted by Crippen LogP contribution is -2.54. The van der Waals surface area contributed by atoms with Crippen LogP contribution in [0.1, 0.15) is 44.2 Å². The number of amides is 4. The fraction of sp³-hybridized carbons (Fsp3) is 0.429. The summed E-state index contributed by atoms with van der Waals surface area (Å²) in [6.07, 6.45) is 1.43. The Kier molecular flexibility index (Phi) is 13.6. The molecule has 0 bridgehead atoms. The molecule has 1 unspecified atom stereocenters. The summed E-state index contributed by atoms with van der Waals surface area (Å²) in [6, 6.07) is 11.8. The van der Waals surface area contributed by atoms with E-state index in [2.05, 4.69) is 21.3 Å². The van der Waals surface area contributed by atoms with Crippen LogP contribution in [0.25, 0.3) is 0 Å². The summed E-state index contributed by atoms with van der Waals surface area (Å²) < 4.78 is 11.9. The van der Waals surface area contributed by atoms with Gasteiger partial charge in [-0.25, -0.2) is 0 Å². The van der Waals surface area contributed by atoms with E-state index in [1.165, 1.54) is 19.1 Å². The normalized spacial score (nSPS) is 14.1. The van der Waals surface area contributed by atoms with Crippen LogP contribution in [0.5, 0.6) is 5.75 Å². The molecule has 2 aromatic carbocycles. The fourth-order valence-electron chi connectivity index (χ4n) is 3.98. The van der Waals surface area contributed by atoms with E-state index in [9.17, 15) is 38.6 Å². The monoisotopic (exact) mass is 605 g/mol. The van der Waals surface area contributed by atoms with Crippen molar-refractivity contribution in [3.05, 3.63) is 65.7 Å². The van der Waals surface area contributed by atoms with Crippen LogP contribution in [0, 0.1) is 0 Å². The average molecular weight is 606 g/mol. The van der Waals surface area contributed by atoms with Gasteiger partial charge in [0, 0.05) is 6.42 Å². The highest BCUT2D eigenvalue weighted by atomic mass is 31.2. The molecule has 230 valence electrons. The standard InChI is InChI=1S/C28H40N5O8P/c1-3-4-10-25(42(39,40)41)33-28(38)23(16-19-8-6-5-7-9-19)32-24(35)17-30-26(36)18(2)31-27(37)22(29)15-20-11-13-21(34)14-12-20/h5-9,11-14,18,22-23,25,34H,3-4,10,15-17,29H2,1-2H3,(H,30,36)(H,31,37)(H,32,35)(H,33,38)(H2,39,40,41)/t18-,22+,23+,25?/m1/s1. The number of nitrogens with one attached hydrogen (secondary N) is 4. The second-order valence-electron chi connectivity index (χ2n) is 9.99. The maximum Gasteiger partial charge on any atom is 0.347 e. The summed E-state index contributed by atoms with van der Waals surface area (Å²) in [6.45, 7) is 2.75. The SMILES string of the molecule is CCCCC(NC(=O)[C@H](Cc1ccccc1)NC(=O)CNC(=O)[C@@H](C)NC(=O)[C@@H](N)Cc1ccc(O)cc1)P(=O)(O)O. The van der Waals surface area contributed by atoms with Gasteiger partial charge in [0.15, 0.2) is 0 Å². The first-order chi connectivity index (χ1) is 19.8. The molecule has 4 atom stereocenters. The first-order valence-electron chi connectivity index (χ1n) is 13.6.